The molecule has 0 aliphatic carbocycles. The summed E-state index contributed by atoms with van der Waals surface area (Å²) >= 11 is 0. The van der Waals surface area contributed by atoms with Gasteiger partial charge in [-0.15, -0.1) is 0 Å². The van der Waals surface area contributed by atoms with Gasteiger partial charge in [-0.25, -0.2) is 0 Å². The van der Waals surface area contributed by atoms with Crippen molar-refractivity contribution in [3.05, 3.63) is 70.8 Å². The second kappa shape index (κ2) is 16.2. The molecule has 0 heterocycles. The lowest BCUT2D eigenvalue weighted by Gasteiger charge is -2.31. The van der Waals surface area contributed by atoms with Crippen molar-refractivity contribution < 1.29 is 22.2 Å². The maximum Gasteiger partial charge on any atom is 0.500 e. The quantitative estimate of drug-likeness (QED) is 0.128. The summed E-state index contributed by atoms with van der Waals surface area (Å²) in [6, 6.07) is 19.7. The summed E-state index contributed by atoms with van der Waals surface area (Å²) < 4.78 is 18.8. The summed E-state index contributed by atoms with van der Waals surface area (Å²) in [5.41, 5.74) is 5.75. The first-order valence-electron chi connectivity index (χ1n) is 15.4. The van der Waals surface area contributed by atoms with Gasteiger partial charge in [0, 0.05) is 44.9 Å². The van der Waals surface area contributed by atoms with Crippen molar-refractivity contribution in [2.75, 3.05) is 62.6 Å². The van der Waals surface area contributed by atoms with E-state index in [-0.39, 0.29) is 0 Å². The minimum absolute atomic E-state index is 0.541. The molecular formula is C34H60N2O3Si+2. The minimum Gasteiger partial charge on any atom is -0.377 e. The van der Waals surface area contributed by atoms with Gasteiger partial charge < -0.3 is 22.2 Å². The van der Waals surface area contributed by atoms with Crippen LogP contribution in [0.2, 0.25) is 6.04 Å². The third-order valence-corrected chi connectivity index (χ3v) is 11.5. The van der Waals surface area contributed by atoms with Crippen LogP contribution in [-0.4, -0.2) is 80.4 Å². The Labute approximate surface area is 248 Å². The standard InChI is InChI=1S/C34H60N2O3Si/c1-11-13-23-35(4,5)27-30-15-19-33(20-16-30)29(3)26-32(12-2)34-21-17-31(18-22-34)28-36(6,7)24-14-25-40(37-8,38-9)39-10/h15-22,29,32H,11-14,23-28H2,1-10H3/q+2. The van der Waals surface area contributed by atoms with Crippen LogP contribution in [0, 0.1) is 0 Å². The highest BCUT2D eigenvalue weighted by molar-refractivity contribution is 6.60. The fourth-order valence-corrected chi connectivity index (χ4v) is 7.66. The molecule has 6 heteroatoms. The van der Waals surface area contributed by atoms with Gasteiger partial charge in [0.25, 0.3) is 0 Å². The van der Waals surface area contributed by atoms with Crippen molar-refractivity contribution in [3.63, 3.8) is 0 Å². The average molecular weight is 573 g/mol. The number of quaternary nitrogens is 2. The van der Waals surface area contributed by atoms with Gasteiger partial charge in [-0.3, -0.25) is 0 Å². The Morgan fingerprint density at radius 2 is 1.12 bits per heavy atom. The van der Waals surface area contributed by atoms with Crippen LogP contribution in [0.3, 0.4) is 0 Å². The first-order chi connectivity index (χ1) is 18.9. The lowest BCUT2D eigenvalue weighted by atomic mass is 9.84. The van der Waals surface area contributed by atoms with Gasteiger partial charge in [0.1, 0.15) is 13.1 Å². The Morgan fingerprint density at radius 3 is 1.55 bits per heavy atom. The number of rotatable bonds is 19. The summed E-state index contributed by atoms with van der Waals surface area (Å²) in [7, 11) is 11.9. The predicted octanol–water partition coefficient (Wildman–Crippen LogP) is 7.60. The molecule has 2 rings (SSSR count). The summed E-state index contributed by atoms with van der Waals surface area (Å²) in [5, 5.41) is 0. The van der Waals surface area contributed by atoms with Gasteiger partial charge in [0.2, 0.25) is 0 Å². The zero-order chi connectivity index (χ0) is 29.8. The Morgan fingerprint density at radius 1 is 0.675 bits per heavy atom. The van der Waals surface area contributed by atoms with Crippen molar-refractivity contribution in [2.45, 2.75) is 83.8 Å². The van der Waals surface area contributed by atoms with E-state index in [1.54, 1.807) is 21.3 Å². The van der Waals surface area contributed by atoms with Crippen molar-refractivity contribution in [1.82, 2.24) is 0 Å². The topological polar surface area (TPSA) is 27.7 Å². The van der Waals surface area contributed by atoms with Gasteiger partial charge in [-0.1, -0.05) is 75.7 Å². The second-order valence-electron chi connectivity index (χ2n) is 13.1. The van der Waals surface area contributed by atoms with E-state index in [2.05, 4.69) is 97.5 Å². The SMILES string of the molecule is CCCC[N+](C)(C)Cc1ccc(C(C)CC(CC)c2ccc(C[N+](C)(C)CCC[Si](OC)(OC)OC)cc2)cc1. The highest BCUT2D eigenvalue weighted by Crippen LogP contribution is 2.32. The number of hydrogen-bond donors (Lipinski definition) is 0. The Hall–Kier alpha value is -1.54. The molecule has 2 unspecified atom stereocenters. The van der Waals surface area contributed by atoms with Gasteiger partial charge in [-0.05, 0) is 42.2 Å². The molecule has 0 fully saturated rings. The number of nitrogens with zero attached hydrogens (tertiary/aromatic N) is 2. The molecule has 0 N–H and O–H groups in total. The van der Waals surface area contributed by atoms with E-state index in [4.69, 9.17) is 13.3 Å². The Kier molecular flexibility index (Phi) is 14.0. The Balaban J connectivity index is 1.94. The van der Waals surface area contributed by atoms with Crippen LogP contribution in [-0.2, 0) is 26.4 Å². The maximum atomic E-state index is 5.59. The van der Waals surface area contributed by atoms with E-state index in [9.17, 15) is 0 Å². The molecule has 5 nitrogen and oxygen atoms in total. The third kappa shape index (κ3) is 11.0. The summed E-state index contributed by atoms with van der Waals surface area (Å²) in [6.45, 7) is 11.4. The summed E-state index contributed by atoms with van der Waals surface area (Å²) in [6.07, 6.45) is 5.91. The van der Waals surface area contributed by atoms with Gasteiger partial charge in [-0.2, -0.15) is 0 Å². The zero-order valence-corrected chi connectivity index (χ0v) is 28.5. The number of unbranched alkanes of at least 4 members (excludes halogenated alkanes) is 1. The molecule has 40 heavy (non-hydrogen) atoms. The van der Waals surface area contributed by atoms with Crippen LogP contribution >= 0.6 is 0 Å². The van der Waals surface area contributed by atoms with Crippen molar-refractivity contribution in [1.29, 1.82) is 0 Å². The first-order valence-corrected chi connectivity index (χ1v) is 17.3. The van der Waals surface area contributed by atoms with Crippen molar-refractivity contribution in [2.24, 2.45) is 0 Å². The molecule has 0 saturated heterocycles. The molecule has 0 radical (unpaired) electrons. The Bertz CT molecular complexity index is 963. The molecule has 0 amide bonds. The molecule has 2 aromatic rings. The molecular weight excluding hydrogens is 512 g/mol. The summed E-state index contributed by atoms with van der Waals surface area (Å²) in [4.78, 5) is 0. The predicted molar refractivity (Wildman–Crippen MR) is 171 cm³/mol. The normalized spacial score (nSPS) is 14.3. The fourth-order valence-electron chi connectivity index (χ4n) is 5.96. The van der Waals surface area contributed by atoms with E-state index in [0.29, 0.717) is 11.8 Å². The van der Waals surface area contributed by atoms with E-state index in [1.807, 2.05) is 0 Å². The molecule has 226 valence electrons. The molecule has 0 saturated carbocycles. The molecule has 0 aromatic heterocycles. The number of hydrogen-bond acceptors (Lipinski definition) is 3. The third-order valence-electron chi connectivity index (χ3n) is 8.65. The monoisotopic (exact) mass is 572 g/mol. The highest BCUT2D eigenvalue weighted by Gasteiger charge is 2.37. The van der Waals surface area contributed by atoms with Crippen LogP contribution in [0.5, 0.6) is 0 Å². The lowest BCUT2D eigenvalue weighted by molar-refractivity contribution is -0.903. The van der Waals surface area contributed by atoms with Crippen molar-refractivity contribution >= 4 is 8.80 Å². The largest absolute Gasteiger partial charge is 0.500 e. The number of benzene rings is 2. The minimum atomic E-state index is -2.50. The van der Waals surface area contributed by atoms with E-state index >= 15 is 0 Å². The molecule has 0 aliphatic rings. The van der Waals surface area contributed by atoms with Crippen LogP contribution in [0.1, 0.15) is 87.0 Å². The van der Waals surface area contributed by atoms with Gasteiger partial charge >= 0.3 is 8.80 Å². The first kappa shape index (κ1) is 34.7. The molecule has 0 spiro atoms. The van der Waals surface area contributed by atoms with Crippen LogP contribution in [0.15, 0.2) is 48.5 Å². The zero-order valence-electron chi connectivity index (χ0n) is 27.5. The maximum absolute atomic E-state index is 5.59. The van der Waals surface area contributed by atoms with E-state index in [1.165, 1.54) is 48.1 Å². The average Bonchev–Trinajstić information content (AvgIpc) is 2.93. The molecule has 2 atom stereocenters. The summed E-state index contributed by atoms with van der Waals surface area (Å²) in [5.74, 6) is 1.12. The lowest BCUT2D eigenvalue weighted by Crippen LogP contribution is -2.45. The van der Waals surface area contributed by atoms with E-state index in [0.717, 1.165) is 47.5 Å². The van der Waals surface area contributed by atoms with Gasteiger partial charge in [0.15, 0.2) is 0 Å². The smallest absolute Gasteiger partial charge is 0.377 e. The molecule has 2 aromatic carbocycles. The second-order valence-corrected chi connectivity index (χ2v) is 16.2. The van der Waals surface area contributed by atoms with Crippen molar-refractivity contribution in [3.8, 4) is 0 Å². The van der Waals surface area contributed by atoms with Crippen LogP contribution in [0.4, 0.5) is 0 Å². The fraction of sp³-hybridized carbons (Fsp3) is 0.647. The van der Waals surface area contributed by atoms with Gasteiger partial charge in [0.05, 0.1) is 41.3 Å². The highest BCUT2D eigenvalue weighted by atomic mass is 28.4. The van der Waals surface area contributed by atoms with Crippen LogP contribution in [0.25, 0.3) is 0 Å². The molecule has 0 aliphatic heterocycles. The van der Waals surface area contributed by atoms with Crippen LogP contribution < -0.4 is 0 Å². The molecule has 0 bridgehead atoms. The van der Waals surface area contributed by atoms with E-state index < -0.39 is 8.80 Å².